The van der Waals surface area contributed by atoms with E-state index in [1.54, 1.807) is 5.57 Å². The third-order valence-corrected chi connectivity index (χ3v) is 15.6. The molecule has 0 aromatic rings. The Bertz CT molecular complexity index is 1160. The van der Waals surface area contributed by atoms with Gasteiger partial charge in [-0.2, -0.15) is 0 Å². The molecule has 252 valence electrons. The lowest BCUT2D eigenvalue weighted by atomic mass is 9.34. The van der Waals surface area contributed by atoms with Crippen LogP contribution in [0.25, 0.3) is 0 Å². The molecule has 0 aromatic heterocycles. The Hall–Kier alpha value is -0.950. The number of ether oxygens (including phenoxy) is 3. The number of carboxylic acids is 1. The minimum absolute atomic E-state index is 0.0509. The number of methoxy groups -OCH3 is 1. The first-order chi connectivity index (χ1) is 20.2. The summed E-state index contributed by atoms with van der Waals surface area (Å²) in [6.07, 6.45) is 8.31. The van der Waals surface area contributed by atoms with E-state index in [0.717, 1.165) is 45.1 Å². The van der Waals surface area contributed by atoms with Gasteiger partial charge in [0.2, 0.25) is 0 Å². The molecule has 0 unspecified atom stereocenters. The zero-order valence-electron chi connectivity index (χ0n) is 30.1. The molecule has 12 atom stereocenters. The second-order valence-corrected chi connectivity index (χ2v) is 18.7. The van der Waals surface area contributed by atoms with Crippen LogP contribution in [0.5, 0.6) is 0 Å². The number of rotatable bonds is 7. The molecule has 0 aromatic carbocycles. The van der Waals surface area contributed by atoms with Crippen LogP contribution < -0.4 is 5.73 Å². The van der Waals surface area contributed by atoms with Crippen molar-refractivity contribution in [1.82, 2.24) is 0 Å². The summed E-state index contributed by atoms with van der Waals surface area (Å²) in [6.45, 7) is 26.7. The van der Waals surface area contributed by atoms with E-state index in [0.29, 0.717) is 36.9 Å². The zero-order valence-corrected chi connectivity index (χ0v) is 30.1. The Kier molecular flexibility index (Phi) is 8.43. The fraction of sp³-hybridized carbons (Fsp3) is 0.921. The molecule has 1 heterocycles. The fourth-order valence-electron chi connectivity index (χ4n) is 11.6. The van der Waals surface area contributed by atoms with Crippen LogP contribution in [-0.2, 0) is 19.0 Å². The van der Waals surface area contributed by atoms with E-state index in [1.807, 2.05) is 7.11 Å². The molecule has 4 fully saturated rings. The number of fused-ring (bicyclic) bond motifs is 3. The van der Waals surface area contributed by atoms with E-state index in [1.165, 1.54) is 0 Å². The van der Waals surface area contributed by atoms with Crippen molar-refractivity contribution in [3.8, 4) is 0 Å². The summed E-state index contributed by atoms with van der Waals surface area (Å²) in [6, 6.07) is 0. The fourth-order valence-corrected chi connectivity index (χ4v) is 11.6. The summed E-state index contributed by atoms with van der Waals surface area (Å²) in [5, 5.41) is 11.0. The number of hydrogen-bond donors (Lipinski definition) is 2. The van der Waals surface area contributed by atoms with E-state index in [9.17, 15) is 9.90 Å². The highest BCUT2D eigenvalue weighted by Gasteiger charge is 2.71. The lowest BCUT2D eigenvalue weighted by Gasteiger charge is -2.71. The van der Waals surface area contributed by atoms with Crippen LogP contribution in [0, 0.1) is 62.1 Å². The first-order valence-corrected chi connectivity index (χ1v) is 17.6. The number of allylic oxidation sites excluding steroid dienone is 1. The molecule has 1 aliphatic heterocycles. The van der Waals surface area contributed by atoms with Gasteiger partial charge in [-0.25, -0.2) is 0 Å². The molecule has 2 bridgehead atoms. The normalized spacial score (nSPS) is 47.5. The molecule has 5 rings (SSSR count). The van der Waals surface area contributed by atoms with Crippen molar-refractivity contribution in [2.75, 3.05) is 26.9 Å². The number of carbonyl (C=O) groups is 1. The standard InChI is InChI=1S/C38H65NO5/c1-23(2)24(3)33(7)17-18-35(9)25-13-14-28-34(8)20-43-22-38(28,26(25)15-16-36(35,10)29(33)31(40)41)19-27(42-12)30(34)44-21-37(11,39)32(4,5)6/h15,23-25,27-30H,13-14,16-22,39H2,1-12H3,(H,40,41)/t24-,25+,27-,28+,29-,30+,33-,34+,35-,36+,37+,38+/m1/s1. The maximum atomic E-state index is 13.3. The molecule has 4 aliphatic carbocycles. The average molecular weight is 616 g/mol. The zero-order chi connectivity index (χ0) is 32.9. The molecule has 0 spiro atoms. The van der Waals surface area contributed by atoms with Crippen molar-refractivity contribution >= 4 is 5.97 Å². The predicted molar refractivity (Wildman–Crippen MR) is 176 cm³/mol. The van der Waals surface area contributed by atoms with Gasteiger partial charge < -0.3 is 25.1 Å². The second kappa shape index (κ2) is 10.8. The lowest BCUT2D eigenvalue weighted by Crippen LogP contribution is -2.70. The minimum atomic E-state index is -0.607. The third-order valence-electron chi connectivity index (χ3n) is 15.6. The Morgan fingerprint density at radius 1 is 1.07 bits per heavy atom. The van der Waals surface area contributed by atoms with Crippen LogP contribution in [0.1, 0.15) is 115 Å². The van der Waals surface area contributed by atoms with Gasteiger partial charge in [-0.15, -0.1) is 0 Å². The molecule has 44 heavy (non-hydrogen) atoms. The summed E-state index contributed by atoms with van der Waals surface area (Å²) in [5.41, 5.74) is 6.85. The van der Waals surface area contributed by atoms with Crippen molar-refractivity contribution in [2.24, 2.45) is 67.8 Å². The number of aliphatic carboxylic acids is 1. The smallest absolute Gasteiger partial charge is 0.307 e. The largest absolute Gasteiger partial charge is 0.481 e. The Morgan fingerprint density at radius 2 is 1.73 bits per heavy atom. The molecular formula is C38H65NO5. The van der Waals surface area contributed by atoms with Gasteiger partial charge in [-0.1, -0.05) is 80.9 Å². The number of carboxylic acid groups (broad SMARTS) is 1. The Morgan fingerprint density at radius 3 is 2.30 bits per heavy atom. The molecule has 5 aliphatic rings. The molecule has 0 amide bonds. The Balaban J connectivity index is 1.54. The highest BCUT2D eigenvalue weighted by Crippen LogP contribution is 2.75. The summed E-state index contributed by atoms with van der Waals surface area (Å²) in [7, 11) is 1.84. The highest BCUT2D eigenvalue weighted by molar-refractivity contribution is 5.73. The average Bonchev–Trinajstić information content (AvgIpc) is 2.91. The van der Waals surface area contributed by atoms with Crippen LogP contribution in [0.2, 0.25) is 0 Å². The molecule has 1 saturated heterocycles. The van der Waals surface area contributed by atoms with Gasteiger partial charge in [-0.05, 0) is 90.8 Å². The van der Waals surface area contributed by atoms with E-state index in [4.69, 9.17) is 19.9 Å². The molecule has 3 saturated carbocycles. The van der Waals surface area contributed by atoms with Gasteiger partial charge in [0.05, 0.1) is 37.9 Å². The van der Waals surface area contributed by atoms with Crippen LogP contribution in [0.15, 0.2) is 11.6 Å². The SMILES string of the molecule is CO[C@@H]1C[C@@]23COC[C@@](C)([C@@H]2CC[C@H]2C3=CC[C@@]3(C)[C@H](C(=O)O)[C@@](C)([C@H](C)C(C)C)CC[C@]23C)[C@H]1OC[C@](C)(N)C(C)(C)C. The first-order valence-electron chi connectivity index (χ1n) is 17.6. The van der Waals surface area contributed by atoms with E-state index in [-0.39, 0.29) is 50.6 Å². The van der Waals surface area contributed by atoms with Gasteiger partial charge in [-0.3, -0.25) is 4.79 Å². The van der Waals surface area contributed by atoms with Crippen molar-refractivity contribution in [1.29, 1.82) is 0 Å². The highest BCUT2D eigenvalue weighted by atomic mass is 16.5. The van der Waals surface area contributed by atoms with Gasteiger partial charge in [0.25, 0.3) is 0 Å². The lowest BCUT2D eigenvalue weighted by molar-refractivity contribution is -0.270. The van der Waals surface area contributed by atoms with Crippen molar-refractivity contribution in [3.63, 3.8) is 0 Å². The maximum Gasteiger partial charge on any atom is 0.307 e. The molecule has 3 N–H and O–H groups in total. The van der Waals surface area contributed by atoms with Crippen molar-refractivity contribution in [2.45, 2.75) is 132 Å². The summed E-state index contributed by atoms with van der Waals surface area (Å²) < 4.78 is 19.8. The van der Waals surface area contributed by atoms with Crippen molar-refractivity contribution in [3.05, 3.63) is 11.6 Å². The van der Waals surface area contributed by atoms with E-state index >= 15 is 0 Å². The maximum absolute atomic E-state index is 13.3. The van der Waals surface area contributed by atoms with Crippen LogP contribution in [-0.4, -0.2) is 55.8 Å². The van der Waals surface area contributed by atoms with Gasteiger partial charge in [0.15, 0.2) is 0 Å². The van der Waals surface area contributed by atoms with Crippen LogP contribution >= 0.6 is 0 Å². The molecular weight excluding hydrogens is 550 g/mol. The topological polar surface area (TPSA) is 91.0 Å². The number of hydrogen-bond acceptors (Lipinski definition) is 5. The first kappa shape index (κ1) is 34.4. The van der Waals surface area contributed by atoms with E-state index < -0.39 is 11.5 Å². The summed E-state index contributed by atoms with van der Waals surface area (Å²) >= 11 is 0. The number of nitrogens with two attached hydrogens (primary N) is 1. The monoisotopic (exact) mass is 615 g/mol. The van der Waals surface area contributed by atoms with Gasteiger partial charge in [0, 0.05) is 23.5 Å². The minimum Gasteiger partial charge on any atom is -0.481 e. The van der Waals surface area contributed by atoms with Crippen molar-refractivity contribution < 1.29 is 24.1 Å². The van der Waals surface area contributed by atoms with Gasteiger partial charge >= 0.3 is 5.97 Å². The summed E-state index contributed by atoms with van der Waals surface area (Å²) in [5.74, 6) is 0.580. The third kappa shape index (κ3) is 4.57. The predicted octanol–water partition coefficient (Wildman–Crippen LogP) is 7.74. The second-order valence-electron chi connectivity index (χ2n) is 18.7. The molecule has 6 heteroatoms. The van der Waals surface area contributed by atoms with E-state index in [2.05, 4.69) is 82.2 Å². The van der Waals surface area contributed by atoms with Gasteiger partial charge in [0.1, 0.15) is 0 Å². The molecule has 6 nitrogen and oxygen atoms in total. The Labute approximate surface area is 268 Å². The molecule has 0 radical (unpaired) electrons. The quantitative estimate of drug-likeness (QED) is 0.285. The van der Waals surface area contributed by atoms with Crippen LogP contribution in [0.4, 0.5) is 0 Å². The van der Waals surface area contributed by atoms with Crippen LogP contribution in [0.3, 0.4) is 0 Å². The summed E-state index contributed by atoms with van der Waals surface area (Å²) in [4.78, 5) is 13.3.